The maximum Gasteiger partial charge on any atom is 0.336 e. The van der Waals surface area contributed by atoms with Crippen molar-refractivity contribution in [1.82, 2.24) is 0 Å². The molecule has 1 atom stereocenters. The minimum absolute atomic E-state index is 0.0502. The van der Waals surface area contributed by atoms with Crippen LogP contribution in [-0.2, 0) is 18.4 Å². The Morgan fingerprint density at radius 1 is 1.19 bits per heavy atom. The molecule has 1 aliphatic carbocycles. The summed E-state index contributed by atoms with van der Waals surface area (Å²) in [6.45, 7) is 10.9. The van der Waals surface area contributed by atoms with Crippen LogP contribution in [0.25, 0.3) is 0 Å². The number of quaternary nitrogens is 1. The molecule has 0 spiro atoms. The minimum Gasteiger partial charge on any atom is -0.746 e. The zero-order valence-electron chi connectivity index (χ0n) is 20.9. The molecule has 0 aromatic carbocycles. The quantitative estimate of drug-likeness (QED) is 0.191. The summed E-state index contributed by atoms with van der Waals surface area (Å²) in [5.41, 5.74) is 4.71. The summed E-state index contributed by atoms with van der Waals surface area (Å²) in [7, 11) is 1.05. The predicted octanol–water partition coefficient (Wildman–Crippen LogP) is 5.25. The number of hydrogen-bond acceptors (Lipinski definition) is 5. The van der Waals surface area contributed by atoms with Gasteiger partial charge in [0.1, 0.15) is 13.2 Å². The van der Waals surface area contributed by atoms with Gasteiger partial charge in [0.05, 0.1) is 21.1 Å². The summed E-state index contributed by atoms with van der Waals surface area (Å²) < 4.78 is 21.5. The fraction of sp³-hybridized carbons (Fsp3) is 0.560. The van der Waals surface area contributed by atoms with Crippen LogP contribution in [0.2, 0.25) is 0 Å². The third-order valence-electron chi connectivity index (χ3n) is 5.33. The third-order valence-corrected chi connectivity index (χ3v) is 6.23. The largest absolute Gasteiger partial charge is 0.746 e. The molecule has 0 saturated heterocycles. The van der Waals surface area contributed by atoms with Crippen LogP contribution in [0.1, 0.15) is 53.9 Å². The van der Waals surface area contributed by atoms with Crippen molar-refractivity contribution in [3.05, 3.63) is 58.7 Å². The molecule has 0 aliphatic heterocycles. The number of carbonyl (C=O) groups excluding carboxylic acids is 1. The minimum atomic E-state index is -4.67. The topological polar surface area (TPSA) is 75.7 Å². The Morgan fingerprint density at radius 3 is 2.44 bits per heavy atom. The summed E-state index contributed by atoms with van der Waals surface area (Å²) in [5.74, 6) is -0.974. The summed E-state index contributed by atoms with van der Waals surface area (Å²) in [6.07, 6.45) is 14.5. The van der Waals surface area contributed by atoms with Gasteiger partial charge in [0.15, 0.2) is 0 Å². The van der Waals surface area contributed by atoms with Crippen LogP contribution in [0.3, 0.4) is 0 Å². The van der Waals surface area contributed by atoms with Crippen LogP contribution < -0.4 is 4.89 Å². The van der Waals surface area contributed by atoms with Crippen molar-refractivity contribution < 1.29 is 27.8 Å². The summed E-state index contributed by atoms with van der Waals surface area (Å²) in [5, 5.41) is 0. The van der Waals surface area contributed by atoms with Crippen molar-refractivity contribution in [2.75, 3.05) is 34.3 Å². The van der Waals surface area contributed by atoms with E-state index in [0.29, 0.717) is 16.6 Å². The van der Waals surface area contributed by atoms with Crippen LogP contribution in [0, 0.1) is 5.41 Å². The van der Waals surface area contributed by atoms with Gasteiger partial charge in [-0.2, -0.15) is 0 Å². The van der Waals surface area contributed by atoms with Crippen LogP contribution in [0.15, 0.2) is 58.7 Å². The van der Waals surface area contributed by atoms with E-state index in [1.165, 1.54) is 24.0 Å². The van der Waals surface area contributed by atoms with Gasteiger partial charge in [-0.25, -0.2) is 4.79 Å². The van der Waals surface area contributed by atoms with Crippen LogP contribution in [-0.4, -0.2) is 44.7 Å². The van der Waals surface area contributed by atoms with Crippen molar-refractivity contribution in [2.45, 2.75) is 53.9 Å². The van der Waals surface area contributed by atoms with Crippen LogP contribution in [0.4, 0.5) is 0 Å². The number of nitrogens with zero attached hydrogens (tertiary/aromatic N) is 1. The Balaban J connectivity index is 2.65. The third kappa shape index (κ3) is 11.2. The maximum atomic E-state index is 11.9. The van der Waals surface area contributed by atoms with E-state index in [2.05, 4.69) is 37.4 Å². The summed E-state index contributed by atoms with van der Waals surface area (Å²) in [4.78, 5) is 23.6. The molecule has 32 heavy (non-hydrogen) atoms. The van der Waals surface area contributed by atoms with E-state index >= 15 is 0 Å². The number of likely N-dealkylation sites (N-methyl/N-ethyl adjacent to an activating group) is 1. The molecule has 0 heterocycles. The number of phosphoric acid groups is 1. The lowest BCUT2D eigenvalue weighted by Gasteiger charge is -2.32. The molecular formula is C25H40NO5P. The Kier molecular flexibility index (Phi) is 10.6. The van der Waals surface area contributed by atoms with E-state index in [0.717, 1.165) is 18.1 Å². The number of allylic oxidation sites excluding steroid dienone is 9. The van der Waals surface area contributed by atoms with Gasteiger partial charge in [0.2, 0.25) is 0 Å². The second-order valence-corrected chi connectivity index (χ2v) is 11.5. The normalized spacial score (nSPS) is 20.2. The zero-order valence-corrected chi connectivity index (χ0v) is 21.8. The predicted molar refractivity (Wildman–Crippen MR) is 129 cm³/mol. The van der Waals surface area contributed by atoms with Gasteiger partial charge in [-0.15, -0.1) is 0 Å². The number of hydrogen-bond donors (Lipinski definition) is 0. The maximum absolute atomic E-state index is 11.9. The SMILES string of the molecule is CC1=C(/C=C/C(C)=C/C=C/C(C)=C/C(=O)OP(=O)([O-])OCC[N+](C)(C)C)C(C)(C)CCC1. The van der Waals surface area contributed by atoms with Gasteiger partial charge >= 0.3 is 13.8 Å². The van der Waals surface area contributed by atoms with Crippen molar-refractivity contribution >= 4 is 13.8 Å². The van der Waals surface area contributed by atoms with E-state index < -0.39 is 13.8 Å². The molecule has 0 N–H and O–H groups in total. The highest BCUT2D eigenvalue weighted by Gasteiger charge is 2.26. The average Bonchev–Trinajstić information content (AvgIpc) is 2.58. The first kappa shape index (κ1) is 28.3. The van der Waals surface area contributed by atoms with E-state index in [9.17, 15) is 14.3 Å². The van der Waals surface area contributed by atoms with Crippen molar-refractivity contribution in [3.8, 4) is 0 Å². The highest BCUT2D eigenvalue weighted by molar-refractivity contribution is 7.46. The molecule has 0 amide bonds. The second-order valence-electron chi connectivity index (χ2n) is 10.1. The summed E-state index contributed by atoms with van der Waals surface area (Å²) >= 11 is 0. The lowest BCUT2D eigenvalue weighted by molar-refractivity contribution is -0.870. The number of carbonyl (C=O) groups is 1. The Bertz CT molecular complexity index is 869. The van der Waals surface area contributed by atoms with Crippen LogP contribution >= 0.6 is 7.82 Å². The molecule has 0 saturated carbocycles. The molecule has 1 unspecified atom stereocenters. The highest BCUT2D eigenvalue weighted by atomic mass is 31.2. The number of rotatable bonds is 10. The van der Waals surface area contributed by atoms with Crippen molar-refractivity contribution in [1.29, 1.82) is 0 Å². The van der Waals surface area contributed by atoms with Crippen molar-refractivity contribution in [2.24, 2.45) is 5.41 Å². The molecule has 0 bridgehead atoms. The standard InChI is InChI=1S/C25H40NO5P/c1-20(14-15-23-22(3)13-10-16-25(23,4)5)11-9-12-21(2)19-24(27)31-32(28,29)30-18-17-26(6,7)8/h9,11-12,14-15,19H,10,13,16-18H2,1-8H3/b12-9+,15-14+,20-11+,21-19+. The molecule has 6 nitrogen and oxygen atoms in total. The van der Waals surface area contributed by atoms with E-state index in [4.69, 9.17) is 4.52 Å². The van der Waals surface area contributed by atoms with E-state index in [-0.39, 0.29) is 12.0 Å². The smallest absolute Gasteiger partial charge is 0.336 e. The Morgan fingerprint density at radius 2 is 1.84 bits per heavy atom. The molecule has 7 heteroatoms. The second kappa shape index (κ2) is 11.9. The molecular weight excluding hydrogens is 425 g/mol. The Hall–Kier alpha value is -1.72. The van der Waals surface area contributed by atoms with Gasteiger partial charge < -0.3 is 18.4 Å². The van der Waals surface area contributed by atoms with Crippen molar-refractivity contribution in [3.63, 3.8) is 0 Å². The van der Waals surface area contributed by atoms with E-state index in [1.54, 1.807) is 13.0 Å². The van der Waals surface area contributed by atoms with Crippen LogP contribution in [0.5, 0.6) is 0 Å². The molecule has 0 radical (unpaired) electrons. The highest BCUT2D eigenvalue weighted by Crippen LogP contribution is 2.41. The fourth-order valence-electron chi connectivity index (χ4n) is 3.46. The molecule has 0 aromatic rings. The average molecular weight is 466 g/mol. The molecule has 0 aromatic heterocycles. The number of phosphoric ester groups is 1. The first-order chi connectivity index (χ1) is 14.6. The lowest BCUT2D eigenvalue weighted by atomic mass is 9.72. The van der Waals surface area contributed by atoms with Gasteiger partial charge in [0, 0.05) is 6.08 Å². The molecule has 0 fully saturated rings. The fourth-order valence-corrected chi connectivity index (χ4v) is 4.09. The first-order valence-electron chi connectivity index (χ1n) is 11.0. The Labute approximate surface area is 194 Å². The van der Waals surface area contributed by atoms with Gasteiger partial charge in [0.25, 0.3) is 0 Å². The molecule has 180 valence electrons. The molecule has 1 rings (SSSR count). The molecule has 1 aliphatic rings. The zero-order chi connectivity index (χ0) is 24.6. The van der Waals surface area contributed by atoms with E-state index in [1.807, 2.05) is 40.2 Å². The van der Waals surface area contributed by atoms with Gasteiger partial charge in [-0.1, -0.05) is 55.4 Å². The monoisotopic (exact) mass is 465 g/mol. The summed E-state index contributed by atoms with van der Waals surface area (Å²) in [6, 6.07) is 0. The lowest BCUT2D eigenvalue weighted by Crippen LogP contribution is -2.37. The van der Waals surface area contributed by atoms with Gasteiger partial charge in [-0.3, -0.25) is 4.57 Å². The van der Waals surface area contributed by atoms with Gasteiger partial charge in [-0.05, 0) is 56.6 Å². The first-order valence-corrected chi connectivity index (χ1v) is 12.5.